The molecule has 1 aliphatic heterocycles. The molecule has 2 aromatic rings. The van der Waals surface area contributed by atoms with Gasteiger partial charge in [-0.05, 0) is 42.4 Å². The minimum Gasteiger partial charge on any atom is -0.353 e. The van der Waals surface area contributed by atoms with Crippen molar-refractivity contribution < 1.29 is 9.59 Å². The molecular weight excluding hydrogens is 410 g/mol. The van der Waals surface area contributed by atoms with Crippen molar-refractivity contribution in [3.8, 4) is 0 Å². The first-order valence-electron chi connectivity index (χ1n) is 12.5. The van der Waals surface area contributed by atoms with E-state index < -0.39 is 0 Å². The molecule has 2 aromatic carbocycles. The lowest BCUT2D eigenvalue weighted by molar-refractivity contribution is -0.137. The lowest BCUT2D eigenvalue weighted by atomic mass is 9.95. The molecule has 33 heavy (non-hydrogen) atoms. The average Bonchev–Trinajstić information content (AvgIpc) is 2.80. The molecule has 3 rings (SSSR count). The van der Waals surface area contributed by atoms with Crippen LogP contribution >= 0.6 is 0 Å². The lowest BCUT2D eigenvalue weighted by Crippen LogP contribution is -2.56. The number of nitrogens with one attached hydrogen (secondary N) is 2. The molecule has 2 atom stereocenters. The Morgan fingerprint density at radius 3 is 2.58 bits per heavy atom. The highest BCUT2D eigenvalue weighted by molar-refractivity contribution is 5.83. The molecule has 1 fully saturated rings. The molecule has 0 aliphatic carbocycles. The zero-order valence-electron chi connectivity index (χ0n) is 20.2. The maximum Gasteiger partial charge on any atom is 0.240 e. The van der Waals surface area contributed by atoms with Crippen molar-refractivity contribution in [3.63, 3.8) is 0 Å². The van der Waals surface area contributed by atoms with Crippen LogP contribution in [0.2, 0.25) is 0 Å². The van der Waals surface area contributed by atoms with Crippen molar-refractivity contribution in [2.75, 3.05) is 13.1 Å². The van der Waals surface area contributed by atoms with E-state index in [0.717, 1.165) is 24.9 Å². The third-order valence-electron chi connectivity index (χ3n) is 6.32. The number of benzene rings is 2. The smallest absolute Gasteiger partial charge is 0.240 e. The maximum absolute atomic E-state index is 13.2. The van der Waals surface area contributed by atoms with Crippen molar-refractivity contribution in [2.45, 2.75) is 77.4 Å². The van der Waals surface area contributed by atoms with Gasteiger partial charge in [0, 0.05) is 32.6 Å². The van der Waals surface area contributed by atoms with E-state index in [1.807, 2.05) is 23.1 Å². The van der Waals surface area contributed by atoms with Crippen LogP contribution in [0.3, 0.4) is 0 Å². The monoisotopic (exact) mass is 449 g/mol. The van der Waals surface area contributed by atoms with Crippen molar-refractivity contribution in [1.82, 2.24) is 15.5 Å². The summed E-state index contributed by atoms with van der Waals surface area (Å²) < 4.78 is 0. The van der Waals surface area contributed by atoms with E-state index in [-0.39, 0.29) is 23.9 Å². The lowest BCUT2D eigenvalue weighted by Gasteiger charge is -2.35. The van der Waals surface area contributed by atoms with Gasteiger partial charge in [-0.25, -0.2) is 0 Å². The first kappa shape index (κ1) is 25.0. The number of amides is 2. The zero-order valence-corrected chi connectivity index (χ0v) is 20.2. The Bertz CT molecular complexity index is 884. The summed E-state index contributed by atoms with van der Waals surface area (Å²) in [5, 5.41) is 6.47. The first-order chi connectivity index (χ1) is 16.0. The summed E-state index contributed by atoms with van der Waals surface area (Å²) in [5.74, 6) is 0.0604. The molecule has 0 unspecified atom stereocenters. The van der Waals surface area contributed by atoms with E-state index in [0.29, 0.717) is 19.5 Å². The molecular formula is C28H39N3O2. The molecule has 0 bridgehead atoms. The number of carbonyl (C=O) groups is 2. The number of hydrogen-bond donors (Lipinski definition) is 2. The van der Waals surface area contributed by atoms with Crippen LogP contribution in [0.15, 0.2) is 54.6 Å². The third kappa shape index (κ3) is 8.32. The van der Waals surface area contributed by atoms with Crippen molar-refractivity contribution in [3.05, 3.63) is 71.3 Å². The van der Waals surface area contributed by atoms with Gasteiger partial charge in [-0.3, -0.25) is 9.59 Å². The van der Waals surface area contributed by atoms with Crippen molar-refractivity contribution >= 4 is 11.8 Å². The molecule has 5 heteroatoms. The normalized spacial score (nSPS) is 17.1. The van der Waals surface area contributed by atoms with E-state index in [1.54, 1.807) is 6.92 Å². The molecule has 178 valence electrons. The number of carbonyl (C=O) groups excluding carboxylic acids is 2. The highest BCUT2D eigenvalue weighted by atomic mass is 16.2. The van der Waals surface area contributed by atoms with Crippen molar-refractivity contribution in [2.24, 2.45) is 0 Å². The average molecular weight is 450 g/mol. The van der Waals surface area contributed by atoms with Crippen LogP contribution < -0.4 is 10.6 Å². The van der Waals surface area contributed by atoms with Gasteiger partial charge in [-0.2, -0.15) is 0 Å². The molecule has 0 saturated carbocycles. The van der Waals surface area contributed by atoms with E-state index >= 15 is 0 Å². The fourth-order valence-electron chi connectivity index (χ4n) is 4.65. The largest absolute Gasteiger partial charge is 0.353 e. The first-order valence-corrected chi connectivity index (χ1v) is 12.5. The summed E-state index contributed by atoms with van der Waals surface area (Å²) in [6.45, 7) is 5.88. The Labute approximate surface area is 199 Å². The standard InChI is InChI=1S/C28H39N3O2/c1-3-4-5-7-11-23-14-10-15-25(18-23)19-26(30-22(2)32)20-27-28(33)31(17-16-29-27)21-24-12-8-6-9-13-24/h6,8-10,12-15,18,26-27,29H,3-5,7,11,16-17,19-21H2,1-2H3,(H,30,32)/t26-,27-/m0/s1. The fourth-order valence-corrected chi connectivity index (χ4v) is 4.65. The predicted octanol–water partition coefficient (Wildman–Crippen LogP) is 4.25. The van der Waals surface area contributed by atoms with Gasteiger partial charge in [0.2, 0.25) is 11.8 Å². The van der Waals surface area contributed by atoms with Gasteiger partial charge in [0.25, 0.3) is 0 Å². The van der Waals surface area contributed by atoms with Gasteiger partial charge in [0.05, 0.1) is 6.04 Å². The van der Waals surface area contributed by atoms with Crippen LogP contribution in [-0.4, -0.2) is 41.9 Å². The summed E-state index contributed by atoms with van der Waals surface area (Å²) in [6, 6.07) is 18.4. The number of aryl methyl sites for hydroxylation is 1. The van der Waals surface area contributed by atoms with Gasteiger partial charge in [-0.15, -0.1) is 0 Å². The van der Waals surface area contributed by atoms with E-state index in [1.165, 1.54) is 36.8 Å². The number of unbranched alkanes of at least 4 members (excludes halogenated alkanes) is 3. The minimum absolute atomic E-state index is 0.0554. The molecule has 0 radical (unpaired) electrons. The topological polar surface area (TPSA) is 61.4 Å². The van der Waals surface area contributed by atoms with Crippen LogP contribution in [-0.2, 0) is 29.0 Å². The molecule has 0 spiro atoms. The zero-order chi connectivity index (χ0) is 23.5. The van der Waals surface area contributed by atoms with Gasteiger partial charge in [-0.1, -0.05) is 80.8 Å². The van der Waals surface area contributed by atoms with E-state index in [9.17, 15) is 9.59 Å². The molecule has 0 aromatic heterocycles. The number of rotatable bonds is 12. The van der Waals surface area contributed by atoms with E-state index in [2.05, 4.69) is 54.0 Å². The summed E-state index contributed by atoms with van der Waals surface area (Å²) in [4.78, 5) is 27.0. The Morgan fingerprint density at radius 2 is 1.82 bits per heavy atom. The Balaban J connectivity index is 1.61. The second-order valence-electron chi connectivity index (χ2n) is 9.22. The predicted molar refractivity (Wildman–Crippen MR) is 134 cm³/mol. The Kier molecular flexibility index (Phi) is 9.95. The van der Waals surface area contributed by atoms with Gasteiger partial charge >= 0.3 is 0 Å². The number of nitrogens with zero attached hydrogens (tertiary/aromatic N) is 1. The minimum atomic E-state index is -0.281. The Hall–Kier alpha value is -2.66. The van der Waals surface area contributed by atoms with Crippen LogP contribution in [0, 0.1) is 0 Å². The van der Waals surface area contributed by atoms with Gasteiger partial charge < -0.3 is 15.5 Å². The second-order valence-corrected chi connectivity index (χ2v) is 9.22. The molecule has 1 aliphatic rings. The van der Waals surface area contributed by atoms with Crippen LogP contribution in [0.1, 0.15) is 62.6 Å². The quantitative estimate of drug-likeness (QED) is 0.476. The van der Waals surface area contributed by atoms with Gasteiger partial charge in [0.15, 0.2) is 0 Å². The third-order valence-corrected chi connectivity index (χ3v) is 6.32. The van der Waals surface area contributed by atoms with Crippen LogP contribution in [0.5, 0.6) is 0 Å². The highest BCUT2D eigenvalue weighted by Crippen LogP contribution is 2.16. The molecule has 2 amide bonds. The van der Waals surface area contributed by atoms with Crippen molar-refractivity contribution in [1.29, 1.82) is 0 Å². The second kappa shape index (κ2) is 13.1. The Morgan fingerprint density at radius 1 is 1.06 bits per heavy atom. The summed E-state index contributed by atoms with van der Waals surface area (Å²) in [6.07, 6.45) is 7.42. The summed E-state index contributed by atoms with van der Waals surface area (Å²) in [5.41, 5.74) is 3.71. The highest BCUT2D eigenvalue weighted by Gasteiger charge is 2.30. The van der Waals surface area contributed by atoms with Crippen LogP contribution in [0.4, 0.5) is 0 Å². The molecule has 1 saturated heterocycles. The summed E-state index contributed by atoms with van der Waals surface area (Å²) in [7, 11) is 0. The maximum atomic E-state index is 13.2. The number of piperazine rings is 1. The fraction of sp³-hybridized carbons (Fsp3) is 0.500. The van der Waals surface area contributed by atoms with E-state index in [4.69, 9.17) is 0 Å². The molecule has 1 heterocycles. The van der Waals surface area contributed by atoms with Crippen LogP contribution in [0.25, 0.3) is 0 Å². The number of hydrogen-bond acceptors (Lipinski definition) is 3. The SMILES string of the molecule is CCCCCCc1cccc(C[C@@H](C[C@@H]2NCCN(Cc3ccccc3)C2=O)NC(C)=O)c1. The molecule has 2 N–H and O–H groups in total. The van der Waals surface area contributed by atoms with Gasteiger partial charge in [0.1, 0.15) is 0 Å². The summed E-state index contributed by atoms with van der Waals surface area (Å²) >= 11 is 0. The molecule has 5 nitrogen and oxygen atoms in total.